The minimum Gasteiger partial charge on any atom is -0.338 e. The van der Waals surface area contributed by atoms with Gasteiger partial charge in [0.2, 0.25) is 0 Å². The van der Waals surface area contributed by atoms with E-state index in [2.05, 4.69) is 4.98 Å². The number of nitrogens with one attached hydrogen (secondary N) is 1. The second-order valence-electron chi connectivity index (χ2n) is 6.00. The Morgan fingerprint density at radius 1 is 1.20 bits per heavy atom. The third-order valence-corrected chi connectivity index (χ3v) is 4.80. The number of amides is 1. The summed E-state index contributed by atoms with van der Waals surface area (Å²) in [5.41, 5.74) is 0.617. The van der Waals surface area contributed by atoms with Crippen LogP contribution in [0.5, 0.6) is 0 Å². The summed E-state index contributed by atoms with van der Waals surface area (Å²) < 4.78 is 28.1. The molecule has 3 aromatic rings. The molecular formula is C18H18F2N3OS+. The van der Waals surface area contributed by atoms with Crippen LogP contribution in [-0.4, -0.2) is 38.1 Å². The molecule has 0 aliphatic rings. The Hall–Kier alpha value is -2.38. The molecule has 2 aromatic carbocycles. The van der Waals surface area contributed by atoms with Crippen LogP contribution in [0, 0.1) is 11.6 Å². The van der Waals surface area contributed by atoms with E-state index in [0.29, 0.717) is 28.4 Å². The number of thiazole rings is 1. The van der Waals surface area contributed by atoms with Crippen LogP contribution in [0.4, 0.5) is 13.9 Å². The molecule has 1 aromatic heterocycles. The number of quaternary nitrogens is 1. The maximum absolute atomic E-state index is 14.1. The summed E-state index contributed by atoms with van der Waals surface area (Å²) in [6, 6.07) is 10.2. The Morgan fingerprint density at radius 2 is 1.96 bits per heavy atom. The van der Waals surface area contributed by atoms with Gasteiger partial charge in [0.25, 0.3) is 5.91 Å². The zero-order chi connectivity index (χ0) is 18.0. The number of hydrogen-bond acceptors (Lipinski definition) is 3. The first-order chi connectivity index (χ1) is 12.0. The van der Waals surface area contributed by atoms with Crippen LogP contribution < -0.4 is 9.80 Å². The highest BCUT2D eigenvalue weighted by Gasteiger charge is 2.24. The van der Waals surface area contributed by atoms with Gasteiger partial charge in [0.05, 0.1) is 43.0 Å². The van der Waals surface area contributed by atoms with E-state index >= 15 is 0 Å². The first-order valence-electron chi connectivity index (χ1n) is 7.87. The van der Waals surface area contributed by atoms with E-state index in [1.807, 2.05) is 14.1 Å². The topological polar surface area (TPSA) is 37.6 Å². The van der Waals surface area contributed by atoms with Gasteiger partial charge in [0.15, 0.2) is 5.13 Å². The highest BCUT2D eigenvalue weighted by Crippen LogP contribution is 2.30. The summed E-state index contributed by atoms with van der Waals surface area (Å²) in [5, 5.41) is 0.440. The summed E-state index contributed by atoms with van der Waals surface area (Å²) in [4.78, 5) is 19.9. The lowest BCUT2D eigenvalue weighted by Crippen LogP contribution is -3.06. The van der Waals surface area contributed by atoms with E-state index in [-0.39, 0.29) is 11.4 Å². The fourth-order valence-electron chi connectivity index (χ4n) is 2.40. The number of aromatic nitrogens is 1. The molecule has 0 atom stereocenters. The number of benzene rings is 2. The van der Waals surface area contributed by atoms with Gasteiger partial charge in [0.1, 0.15) is 11.6 Å². The van der Waals surface area contributed by atoms with Crippen molar-refractivity contribution in [3.05, 3.63) is 59.7 Å². The Labute approximate surface area is 148 Å². The molecule has 4 nitrogen and oxygen atoms in total. The van der Waals surface area contributed by atoms with Crippen molar-refractivity contribution < 1.29 is 18.5 Å². The third kappa shape index (κ3) is 3.83. The number of likely N-dealkylation sites (N-methyl/N-ethyl adjacent to an activating group) is 1. The van der Waals surface area contributed by atoms with Crippen molar-refractivity contribution in [3.8, 4) is 0 Å². The van der Waals surface area contributed by atoms with E-state index in [9.17, 15) is 13.6 Å². The van der Waals surface area contributed by atoms with Gasteiger partial charge in [-0.2, -0.15) is 0 Å². The standard InChI is InChI=1S/C18H17F2N3OS/c1-22(2)9-10-23(17(24)13-5-3-4-6-14(13)20)18-21-15-8-7-12(19)11-16(15)25-18/h3-8,11H,9-10H2,1-2H3/p+1. The summed E-state index contributed by atoms with van der Waals surface area (Å²) in [6.07, 6.45) is 0. The lowest BCUT2D eigenvalue weighted by Gasteiger charge is -2.20. The number of fused-ring (bicyclic) bond motifs is 1. The number of halogens is 2. The molecule has 0 aliphatic carbocycles. The molecule has 0 saturated carbocycles. The number of rotatable bonds is 5. The second kappa shape index (κ2) is 7.25. The Balaban J connectivity index is 2.01. The quantitative estimate of drug-likeness (QED) is 0.757. The largest absolute Gasteiger partial charge is 0.338 e. The van der Waals surface area contributed by atoms with Crippen molar-refractivity contribution in [3.63, 3.8) is 0 Å². The smallest absolute Gasteiger partial charge is 0.263 e. The molecule has 25 heavy (non-hydrogen) atoms. The van der Waals surface area contributed by atoms with E-state index in [1.54, 1.807) is 18.2 Å². The predicted octanol–water partition coefficient (Wildman–Crippen LogP) is 2.37. The van der Waals surface area contributed by atoms with Crippen LogP contribution in [0.25, 0.3) is 10.2 Å². The summed E-state index contributed by atoms with van der Waals surface area (Å²) in [6.45, 7) is 1.06. The number of nitrogens with zero attached hydrogens (tertiary/aromatic N) is 2. The molecule has 0 unspecified atom stereocenters. The van der Waals surface area contributed by atoms with Gasteiger partial charge in [-0.1, -0.05) is 23.5 Å². The van der Waals surface area contributed by atoms with Gasteiger partial charge < -0.3 is 4.90 Å². The van der Waals surface area contributed by atoms with Crippen molar-refractivity contribution in [1.82, 2.24) is 4.98 Å². The molecule has 1 amide bonds. The average molecular weight is 362 g/mol. The summed E-state index contributed by atoms with van der Waals surface area (Å²) in [5.74, 6) is -1.37. The van der Waals surface area contributed by atoms with Crippen LogP contribution in [-0.2, 0) is 0 Å². The monoisotopic (exact) mass is 362 g/mol. The number of anilines is 1. The zero-order valence-corrected chi connectivity index (χ0v) is 14.7. The molecule has 3 rings (SSSR count). The molecule has 7 heteroatoms. The molecule has 0 fully saturated rings. The Kier molecular flexibility index (Phi) is 5.06. The zero-order valence-electron chi connectivity index (χ0n) is 13.9. The molecule has 0 radical (unpaired) electrons. The lowest BCUT2D eigenvalue weighted by atomic mass is 10.2. The van der Waals surface area contributed by atoms with Gasteiger partial charge in [-0.15, -0.1) is 0 Å². The number of hydrogen-bond donors (Lipinski definition) is 1. The molecule has 1 N–H and O–H groups in total. The molecule has 0 saturated heterocycles. The molecule has 0 aliphatic heterocycles. The first kappa shape index (κ1) is 17.4. The summed E-state index contributed by atoms with van der Waals surface area (Å²) in [7, 11) is 3.94. The maximum Gasteiger partial charge on any atom is 0.263 e. The van der Waals surface area contributed by atoms with Gasteiger partial charge >= 0.3 is 0 Å². The van der Waals surface area contributed by atoms with Gasteiger partial charge in [-0.25, -0.2) is 13.8 Å². The molecular weight excluding hydrogens is 344 g/mol. The van der Waals surface area contributed by atoms with Crippen LogP contribution >= 0.6 is 11.3 Å². The first-order valence-corrected chi connectivity index (χ1v) is 8.69. The SMILES string of the molecule is C[NH+](C)CCN(C(=O)c1ccccc1F)c1nc2ccc(F)cc2s1. The normalized spacial score (nSPS) is 11.2. The van der Waals surface area contributed by atoms with Gasteiger partial charge in [-0.05, 0) is 30.3 Å². The minimum absolute atomic E-state index is 0.00157. The number of carbonyl (C=O) groups excluding carboxylic acids is 1. The van der Waals surface area contributed by atoms with Crippen molar-refractivity contribution in [1.29, 1.82) is 0 Å². The van der Waals surface area contributed by atoms with Gasteiger partial charge in [0, 0.05) is 0 Å². The highest BCUT2D eigenvalue weighted by atomic mass is 32.1. The molecule has 0 bridgehead atoms. The highest BCUT2D eigenvalue weighted by molar-refractivity contribution is 7.22. The second-order valence-corrected chi connectivity index (χ2v) is 7.01. The average Bonchev–Trinajstić information content (AvgIpc) is 2.97. The van der Waals surface area contributed by atoms with Crippen molar-refractivity contribution in [2.45, 2.75) is 0 Å². The van der Waals surface area contributed by atoms with Crippen molar-refractivity contribution in [2.24, 2.45) is 0 Å². The Bertz CT molecular complexity index is 910. The predicted molar refractivity (Wildman–Crippen MR) is 95.3 cm³/mol. The molecule has 0 spiro atoms. The minimum atomic E-state index is -0.568. The molecule has 1 heterocycles. The van der Waals surface area contributed by atoms with Crippen LogP contribution in [0.2, 0.25) is 0 Å². The van der Waals surface area contributed by atoms with Crippen molar-refractivity contribution >= 4 is 32.6 Å². The van der Waals surface area contributed by atoms with Crippen molar-refractivity contribution in [2.75, 3.05) is 32.1 Å². The fourth-order valence-corrected chi connectivity index (χ4v) is 3.42. The van der Waals surface area contributed by atoms with Crippen LogP contribution in [0.3, 0.4) is 0 Å². The molecule has 130 valence electrons. The van der Waals surface area contributed by atoms with Crippen LogP contribution in [0.15, 0.2) is 42.5 Å². The maximum atomic E-state index is 14.1. The summed E-state index contributed by atoms with van der Waals surface area (Å²) >= 11 is 1.22. The van der Waals surface area contributed by atoms with E-state index in [4.69, 9.17) is 0 Å². The number of carbonyl (C=O) groups is 1. The Morgan fingerprint density at radius 3 is 2.68 bits per heavy atom. The fraction of sp³-hybridized carbons (Fsp3) is 0.222. The third-order valence-electron chi connectivity index (χ3n) is 3.75. The lowest BCUT2D eigenvalue weighted by molar-refractivity contribution is -0.856. The van der Waals surface area contributed by atoms with E-state index in [0.717, 1.165) is 4.90 Å². The van der Waals surface area contributed by atoms with E-state index < -0.39 is 11.7 Å². The van der Waals surface area contributed by atoms with Crippen LogP contribution in [0.1, 0.15) is 10.4 Å². The van der Waals surface area contributed by atoms with Gasteiger partial charge in [-0.3, -0.25) is 9.69 Å². The van der Waals surface area contributed by atoms with E-state index in [1.165, 1.54) is 40.5 Å².